The van der Waals surface area contributed by atoms with Crippen molar-refractivity contribution in [2.75, 3.05) is 0 Å². The largest absolute Gasteiger partial charge is 0.291 e. The van der Waals surface area contributed by atoms with Gasteiger partial charge in [0.15, 0.2) is 5.82 Å². The average Bonchev–Trinajstić information content (AvgIpc) is 2.76. The Hall–Kier alpha value is -0.960. The molecule has 0 fully saturated rings. The summed E-state index contributed by atoms with van der Waals surface area (Å²) in [6.45, 7) is 5.54. The second-order valence-corrected chi connectivity index (χ2v) is 8.20. The molecule has 0 aliphatic heterocycles. The molecule has 1 heterocycles. The molecule has 6 nitrogen and oxygen atoms in total. The van der Waals surface area contributed by atoms with E-state index in [0.717, 1.165) is 0 Å². The minimum Gasteiger partial charge on any atom is -0.291 e. The van der Waals surface area contributed by atoms with E-state index in [4.69, 9.17) is 16.7 Å². The minimum absolute atomic E-state index is 0.268. The zero-order valence-electron chi connectivity index (χ0n) is 11.6. The van der Waals surface area contributed by atoms with Crippen LogP contribution >= 0.6 is 27.5 Å². The normalized spacial score (nSPS) is 12.7. The minimum atomic E-state index is -3.97. The number of sulfonamides is 1. The van der Waals surface area contributed by atoms with Crippen molar-refractivity contribution in [2.24, 2.45) is 5.14 Å². The molecule has 2 rings (SSSR count). The molecule has 0 aliphatic rings. The molecule has 0 amide bonds. The highest BCUT2D eigenvalue weighted by molar-refractivity contribution is 9.10. The molecule has 1 aromatic heterocycles. The number of aromatic nitrogens is 3. The van der Waals surface area contributed by atoms with Gasteiger partial charge in [-0.1, -0.05) is 11.6 Å². The van der Waals surface area contributed by atoms with Crippen molar-refractivity contribution < 1.29 is 8.42 Å². The fourth-order valence-electron chi connectivity index (χ4n) is 1.88. The molecule has 2 N–H and O–H groups in total. The van der Waals surface area contributed by atoms with Gasteiger partial charge in [-0.05, 0) is 54.9 Å². The maximum Gasteiger partial charge on any atom is 0.273 e. The monoisotopic (exact) mass is 392 g/mol. The Morgan fingerprint density at radius 3 is 2.38 bits per heavy atom. The van der Waals surface area contributed by atoms with Crippen molar-refractivity contribution >= 4 is 37.6 Å². The highest BCUT2D eigenvalue weighted by Gasteiger charge is 2.29. The first-order chi connectivity index (χ1) is 9.51. The topological polar surface area (TPSA) is 90.9 Å². The summed E-state index contributed by atoms with van der Waals surface area (Å²) in [5, 5.41) is 13.2. The third-order valence-corrected chi connectivity index (χ3v) is 4.72. The van der Waals surface area contributed by atoms with E-state index in [0.29, 0.717) is 20.9 Å². The third-order valence-electron chi connectivity index (χ3n) is 2.74. The standard InChI is InChI=1S/C12H14BrClN4O2S/c1-12(2,3)18-10(16-17-11(18)21(15,19)20)7-4-5-9(14)8(13)6-7/h4-6H,1-3H3,(H2,15,19,20). The Bertz CT molecular complexity index is 796. The first-order valence-corrected chi connectivity index (χ1v) is 8.67. The van der Waals surface area contributed by atoms with Crippen LogP contribution in [0.2, 0.25) is 5.02 Å². The summed E-state index contributed by atoms with van der Waals surface area (Å²) in [7, 11) is -3.97. The summed E-state index contributed by atoms with van der Waals surface area (Å²) in [6, 6.07) is 5.19. The van der Waals surface area contributed by atoms with Gasteiger partial charge in [-0.3, -0.25) is 4.57 Å². The molecular weight excluding hydrogens is 380 g/mol. The van der Waals surface area contributed by atoms with E-state index in [2.05, 4.69) is 26.1 Å². The van der Waals surface area contributed by atoms with Crippen LogP contribution in [0.5, 0.6) is 0 Å². The number of nitrogens with zero attached hydrogens (tertiary/aromatic N) is 3. The van der Waals surface area contributed by atoms with Crippen molar-refractivity contribution in [3.63, 3.8) is 0 Å². The highest BCUT2D eigenvalue weighted by atomic mass is 79.9. The number of nitrogens with two attached hydrogens (primary N) is 1. The van der Waals surface area contributed by atoms with Crippen molar-refractivity contribution in [1.82, 2.24) is 14.8 Å². The van der Waals surface area contributed by atoms with Gasteiger partial charge >= 0.3 is 0 Å². The van der Waals surface area contributed by atoms with Crippen LogP contribution in [0.1, 0.15) is 20.8 Å². The molecule has 0 bridgehead atoms. The van der Waals surface area contributed by atoms with E-state index in [9.17, 15) is 8.42 Å². The number of hydrogen-bond acceptors (Lipinski definition) is 4. The predicted octanol–water partition coefficient (Wildman–Crippen LogP) is 2.76. The first-order valence-electron chi connectivity index (χ1n) is 5.96. The molecule has 9 heteroatoms. The lowest BCUT2D eigenvalue weighted by Gasteiger charge is -2.24. The smallest absolute Gasteiger partial charge is 0.273 e. The summed E-state index contributed by atoms with van der Waals surface area (Å²) in [6.07, 6.45) is 0. The lowest BCUT2D eigenvalue weighted by Crippen LogP contribution is -2.29. The van der Waals surface area contributed by atoms with Crippen LogP contribution in [-0.4, -0.2) is 23.2 Å². The average molecular weight is 394 g/mol. The summed E-state index contributed by atoms with van der Waals surface area (Å²) in [5.41, 5.74) is 0.121. The maximum atomic E-state index is 11.7. The van der Waals surface area contributed by atoms with Crippen molar-refractivity contribution in [3.05, 3.63) is 27.7 Å². The van der Waals surface area contributed by atoms with Crippen LogP contribution in [0.3, 0.4) is 0 Å². The second kappa shape index (κ2) is 5.35. The highest BCUT2D eigenvalue weighted by Crippen LogP contribution is 2.31. The van der Waals surface area contributed by atoms with Crippen molar-refractivity contribution in [2.45, 2.75) is 31.5 Å². The molecule has 2 aromatic rings. The molecule has 0 aliphatic carbocycles. The molecule has 114 valence electrons. The van der Waals surface area contributed by atoms with Crippen molar-refractivity contribution in [3.8, 4) is 11.4 Å². The summed E-state index contributed by atoms with van der Waals surface area (Å²) in [4.78, 5) is 0. The number of halogens is 2. The molecule has 0 spiro atoms. The van der Waals surface area contributed by atoms with Gasteiger partial charge in [0.2, 0.25) is 0 Å². The van der Waals surface area contributed by atoms with E-state index < -0.39 is 15.6 Å². The van der Waals surface area contributed by atoms with Crippen LogP contribution in [0, 0.1) is 0 Å². The van der Waals surface area contributed by atoms with Gasteiger partial charge in [0.25, 0.3) is 15.2 Å². The molecule has 0 saturated heterocycles. The third kappa shape index (κ3) is 3.28. The molecule has 0 saturated carbocycles. The number of rotatable bonds is 2. The van der Waals surface area contributed by atoms with E-state index in [1.807, 2.05) is 20.8 Å². The molecule has 1 aromatic carbocycles. The Balaban J connectivity index is 2.76. The van der Waals surface area contributed by atoms with Gasteiger partial charge < -0.3 is 0 Å². The zero-order chi connectivity index (χ0) is 16.0. The first kappa shape index (κ1) is 16.4. The Kier molecular flexibility index (Phi) is 4.18. The van der Waals surface area contributed by atoms with Crippen LogP contribution in [0.15, 0.2) is 27.8 Å². The van der Waals surface area contributed by atoms with Crippen molar-refractivity contribution in [1.29, 1.82) is 0 Å². The van der Waals surface area contributed by atoms with E-state index in [1.165, 1.54) is 4.57 Å². The van der Waals surface area contributed by atoms with Gasteiger partial charge in [-0.2, -0.15) is 0 Å². The van der Waals surface area contributed by atoms with Gasteiger partial charge in [0, 0.05) is 15.6 Å². The molecule has 0 unspecified atom stereocenters. The fraction of sp³-hybridized carbons (Fsp3) is 0.333. The Morgan fingerprint density at radius 2 is 1.90 bits per heavy atom. The van der Waals surface area contributed by atoms with Gasteiger partial charge in [-0.25, -0.2) is 13.6 Å². The quantitative estimate of drug-likeness (QED) is 0.849. The molecular formula is C12H14BrClN4O2S. The van der Waals surface area contributed by atoms with Gasteiger partial charge in [0.1, 0.15) is 0 Å². The van der Waals surface area contributed by atoms with Crippen LogP contribution in [-0.2, 0) is 15.6 Å². The lowest BCUT2D eigenvalue weighted by molar-refractivity contribution is 0.366. The summed E-state index contributed by atoms with van der Waals surface area (Å²) < 4.78 is 25.6. The number of hydrogen-bond donors (Lipinski definition) is 1. The van der Waals surface area contributed by atoms with E-state index >= 15 is 0 Å². The van der Waals surface area contributed by atoms with E-state index in [-0.39, 0.29) is 5.16 Å². The molecule has 21 heavy (non-hydrogen) atoms. The summed E-state index contributed by atoms with van der Waals surface area (Å²) in [5.74, 6) is 0.406. The fourth-order valence-corrected chi connectivity index (χ4v) is 3.15. The van der Waals surface area contributed by atoms with E-state index in [1.54, 1.807) is 18.2 Å². The second-order valence-electron chi connectivity index (χ2n) is 5.49. The predicted molar refractivity (Wildman–Crippen MR) is 84.5 cm³/mol. The van der Waals surface area contributed by atoms with Crippen LogP contribution in [0.4, 0.5) is 0 Å². The SMILES string of the molecule is CC(C)(C)n1c(-c2ccc(Cl)c(Br)c2)nnc1S(N)(=O)=O. The molecule has 0 atom stereocenters. The molecule has 0 radical (unpaired) electrons. The number of benzene rings is 1. The maximum absolute atomic E-state index is 11.7. The Labute approximate surface area is 136 Å². The zero-order valence-corrected chi connectivity index (χ0v) is 14.8. The van der Waals surface area contributed by atoms with Crippen LogP contribution in [0.25, 0.3) is 11.4 Å². The number of primary sulfonamides is 1. The Morgan fingerprint density at radius 1 is 1.29 bits per heavy atom. The van der Waals surface area contributed by atoms with Gasteiger partial charge in [0.05, 0.1) is 5.02 Å². The van der Waals surface area contributed by atoms with Gasteiger partial charge in [-0.15, -0.1) is 10.2 Å². The van der Waals surface area contributed by atoms with Crippen LogP contribution < -0.4 is 5.14 Å². The summed E-state index contributed by atoms with van der Waals surface area (Å²) >= 11 is 9.30. The lowest BCUT2D eigenvalue weighted by atomic mass is 10.1.